The van der Waals surface area contributed by atoms with Gasteiger partial charge in [-0.1, -0.05) is 6.92 Å². The third-order valence-corrected chi connectivity index (χ3v) is 4.00. The Bertz CT molecular complexity index is 567. The molecule has 21 heavy (non-hydrogen) atoms. The standard InChI is InChI=1S/C13H18N4O4/c1-8-4-6-13(7-5-8,12(18)19)16-10-3-2-9(17(20)21)11(14)15-10/h2-3,8H,4-7H2,1H3,(H,18,19)(H3,14,15,16). The molecule has 4 N–H and O–H groups in total. The molecule has 2 rings (SSSR count). The first-order valence-corrected chi connectivity index (χ1v) is 6.76. The van der Waals surface area contributed by atoms with Gasteiger partial charge >= 0.3 is 11.7 Å². The van der Waals surface area contributed by atoms with E-state index in [9.17, 15) is 20.0 Å². The number of carboxylic acids is 1. The fourth-order valence-electron chi connectivity index (χ4n) is 2.58. The fourth-order valence-corrected chi connectivity index (χ4v) is 2.58. The van der Waals surface area contributed by atoms with Gasteiger partial charge in [-0.05, 0) is 37.7 Å². The minimum atomic E-state index is -1.08. The number of nitrogens with two attached hydrogens (primary N) is 1. The maximum Gasteiger partial charge on any atom is 0.329 e. The second kappa shape index (κ2) is 5.55. The number of anilines is 2. The van der Waals surface area contributed by atoms with Crippen LogP contribution >= 0.6 is 0 Å². The number of nitro groups is 1. The summed E-state index contributed by atoms with van der Waals surface area (Å²) < 4.78 is 0. The van der Waals surface area contributed by atoms with E-state index < -0.39 is 16.4 Å². The Morgan fingerprint density at radius 1 is 1.52 bits per heavy atom. The minimum absolute atomic E-state index is 0.227. The summed E-state index contributed by atoms with van der Waals surface area (Å²) in [5.74, 6) is -0.424. The Balaban J connectivity index is 2.24. The zero-order chi connectivity index (χ0) is 15.6. The van der Waals surface area contributed by atoms with E-state index in [1.165, 1.54) is 12.1 Å². The van der Waals surface area contributed by atoms with Crippen LogP contribution in [-0.4, -0.2) is 26.5 Å². The number of nitrogens with one attached hydrogen (secondary N) is 1. The number of carbonyl (C=O) groups is 1. The van der Waals surface area contributed by atoms with Crippen LogP contribution in [0.3, 0.4) is 0 Å². The first-order valence-electron chi connectivity index (χ1n) is 6.76. The van der Waals surface area contributed by atoms with Crippen molar-refractivity contribution in [1.82, 2.24) is 4.98 Å². The van der Waals surface area contributed by atoms with E-state index in [1.807, 2.05) is 0 Å². The molecule has 0 atom stereocenters. The topological polar surface area (TPSA) is 131 Å². The molecule has 1 heterocycles. The van der Waals surface area contributed by atoms with Crippen molar-refractivity contribution in [2.45, 2.75) is 38.1 Å². The van der Waals surface area contributed by atoms with Crippen molar-refractivity contribution in [3.05, 3.63) is 22.2 Å². The molecule has 8 heteroatoms. The Hall–Kier alpha value is -2.38. The average molecular weight is 294 g/mol. The van der Waals surface area contributed by atoms with Crippen LogP contribution in [0, 0.1) is 16.0 Å². The Labute approximate surface area is 121 Å². The number of aromatic nitrogens is 1. The first-order chi connectivity index (χ1) is 9.84. The van der Waals surface area contributed by atoms with Gasteiger partial charge in [0.25, 0.3) is 0 Å². The Morgan fingerprint density at radius 2 is 2.14 bits per heavy atom. The maximum atomic E-state index is 11.6. The quantitative estimate of drug-likeness (QED) is 0.571. The van der Waals surface area contributed by atoms with Crippen molar-refractivity contribution in [2.75, 3.05) is 11.1 Å². The van der Waals surface area contributed by atoms with Gasteiger partial charge in [0.15, 0.2) is 0 Å². The Kier molecular flexibility index (Phi) is 3.97. The second-order valence-electron chi connectivity index (χ2n) is 5.55. The number of aliphatic carboxylic acids is 1. The number of pyridine rings is 1. The van der Waals surface area contributed by atoms with Crippen LogP contribution in [0.2, 0.25) is 0 Å². The maximum absolute atomic E-state index is 11.6. The normalized spacial score (nSPS) is 25.3. The van der Waals surface area contributed by atoms with Crippen LogP contribution in [0.1, 0.15) is 32.6 Å². The molecule has 114 valence electrons. The number of carboxylic acid groups (broad SMARTS) is 1. The van der Waals surface area contributed by atoms with Crippen molar-refractivity contribution in [3.63, 3.8) is 0 Å². The lowest BCUT2D eigenvalue weighted by molar-refractivity contribution is -0.384. The molecule has 1 aliphatic rings. The van der Waals surface area contributed by atoms with Gasteiger partial charge in [-0.2, -0.15) is 0 Å². The predicted molar refractivity (Wildman–Crippen MR) is 76.9 cm³/mol. The third-order valence-electron chi connectivity index (χ3n) is 4.00. The summed E-state index contributed by atoms with van der Waals surface area (Å²) in [5.41, 5.74) is 4.16. The van der Waals surface area contributed by atoms with Crippen LogP contribution < -0.4 is 11.1 Å². The van der Waals surface area contributed by atoms with Gasteiger partial charge in [0.05, 0.1) is 4.92 Å². The molecule has 0 unspecified atom stereocenters. The largest absolute Gasteiger partial charge is 0.480 e. The van der Waals surface area contributed by atoms with Crippen molar-refractivity contribution in [1.29, 1.82) is 0 Å². The van der Waals surface area contributed by atoms with Gasteiger partial charge in [0, 0.05) is 6.07 Å². The number of hydrogen-bond donors (Lipinski definition) is 3. The second-order valence-corrected chi connectivity index (χ2v) is 5.55. The van der Waals surface area contributed by atoms with E-state index in [4.69, 9.17) is 5.73 Å². The fraction of sp³-hybridized carbons (Fsp3) is 0.538. The molecule has 1 fully saturated rings. The number of rotatable bonds is 4. The van der Waals surface area contributed by atoms with Gasteiger partial charge in [-0.25, -0.2) is 9.78 Å². The van der Waals surface area contributed by atoms with Crippen molar-refractivity contribution in [3.8, 4) is 0 Å². The summed E-state index contributed by atoms with van der Waals surface area (Å²) in [6.07, 6.45) is 2.59. The zero-order valence-electron chi connectivity index (χ0n) is 11.7. The van der Waals surface area contributed by atoms with Crippen LogP contribution in [-0.2, 0) is 4.79 Å². The molecule has 0 aliphatic heterocycles. The van der Waals surface area contributed by atoms with Crippen LogP contribution in [0.15, 0.2) is 12.1 Å². The van der Waals surface area contributed by atoms with E-state index in [-0.39, 0.29) is 17.3 Å². The molecule has 0 amide bonds. The SMILES string of the molecule is CC1CCC(Nc2ccc([N+](=O)[O-])c(N)n2)(C(=O)O)CC1. The molecule has 0 aromatic carbocycles. The third kappa shape index (κ3) is 3.04. The van der Waals surface area contributed by atoms with Crippen molar-refractivity contribution >= 4 is 23.3 Å². The predicted octanol–water partition coefficient (Wildman–Crippen LogP) is 2.02. The van der Waals surface area contributed by atoms with Crippen molar-refractivity contribution in [2.24, 2.45) is 5.92 Å². The molecular weight excluding hydrogens is 276 g/mol. The first kappa shape index (κ1) is 15.0. The number of nitrogens with zero attached hydrogens (tertiary/aromatic N) is 2. The molecule has 1 aromatic rings. The smallest absolute Gasteiger partial charge is 0.329 e. The lowest BCUT2D eigenvalue weighted by atomic mass is 9.77. The highest BCUT2D eigenvalue weighted by molar-refractivity contribution is 5.82. The van der Waals surface area contributed by atoms with Gasteiger partial charge in [0.1, 0.15) is 11.4 Å². The Morgan fingerprint density at radius 3 is 2.62 bits per heavy atom. The minimum Gasteiger partial charge on any atom is -0.480 e. The summed E-state index contributed by atoms with van der Waals surface area (Å²) in [6.45, 7) is 2.09. The highest BCUT2D eigenvalue weighted by Crippen LogP contribution is 2.35. The van der Waals surface area contributed by atoms with E-state index in [2.05, 4.69) is 17.2 Å². The summed E-state index contributed by atoms with van der Waals surface area (Å²) in [5, 5.41) is 23.1. The van der Waals surface area contributed by atoms with E-state index in [0.717, 1.165) is 12.8 Å². The molecule has 0 bridgehead atoms. The van der Waals surface area contributed by atoms with E-state index >= 15 is 0 Å². The monoisotopic (exact) mass is 294 g/mol. The van der Waals surface area contributed by atoms with Crippen LogP contribution in [0.4, 0.5) is 17.3 Å². The summed E-state index contributed by atoms with van der Waals surface area (Å²) in [4.78, 5) is 25.6. The molecule has 0 saturated heterocycles. The molecular formula is C13H18N4O4. The number of nitrogen functional groups attached to an aromatic ring is 1. The van der Waals surface area contributed by atoms with Gasteiger partial charge in [-0.15, -0.1) is 0 Å². The van der Waals surface area contributed by atoms with Crippen molar-refractivity contribution < 1.29 is 14.8 Å². The molecule has 0 spiro atoms. The lowest BCUT2D eigenvalue weighted by Crippen LogP contribution is -2.49. The highest BCUT2D eigenvalue weighted by atomic mass is 16.6. The van der Waals surface area contributed by atoms with E-state index in [1.54, 1.807) is 0 Å². The lowest BCUT2D eigenvalue weighted by Gasteiger charge is -2.36. The summed E-state index contributed by atoms with van der Waals surface area (Å²) in [7, 11) is 0. The van der Waals surface area contributed by atoms with Gasteiger partial charge < -0.3 is 16.2 Å². The molecule has 8 nitrogen and oxygen atoms in total. The van der Waals surface area contributed by atoms with Crippen LogP contribution in [0.25, 0.3) is 0 Å². The molecule has 1 aromatic heterocycles. The molecule has 0 radical (unpaired) electrons. The highest BCUT2D eigenvalue weighted by Gasteiger charge is 2.41. The van der Waals surface area contributed by atoms with E-state index in [0.29, 0.717) is 18.8 Å². The van der Waals surface area contributed by atoms with Gasteiger partial charge in [-0.3, -0.25) is 10.1 Å². The van der Waals surface area contributed by atoms with Gasteiger partial charge in [0.2, 0.25) is 5.82 Å². The van der Waals surface area contributed by atoms with Crippen LogP contribution in [0.5, 0.6) is 0 Å². The molecule has 1 aliphatic carbocycles. The average Bonchev–Trinajstić information content (AvgIpc) is 2.41. The number of hydrogen-bond acceptors (Lipinski definition) is 6. The molecule has 1 saturated carbocycles. The summed E-state index contributed by atoms with van der Waals surface area (Å²) >= 11 is 0. The summed E-state index contributed by atoms with van der Waals surface area (Å²) in [6, 6.07) is 2.61. The zero-order valence-corrected chi connectivity index (χ0v) is 11.7.